The van der Waals surface area contributed by atoms with Crippen molar-refractivity contribution in [2.24, 2.45) is 0 Å². The van der Waals surface area contributed by atoms with Crippen LogP contribution in [0.25, 0.3) is 10.9 Å². The van der Waals surface area contributed by atoms with Gasteiger partial charge in [0.15, 0.2) is 5.78 Å². The topological polar surface area (TPSA) is 61.5 Å². The molecule has 0 aliphatic carbocycles. The zero-order valence-corrected chi connectivity index (χ0v) is 16.6. The van der Waals surface area contributed by atoms with E-state index in [2.05, 4.69) is 19.8 Å². The van der Waals surface area contributed by atoms with Crippen molar-refractivity contribution >= 4 is 22.5 Å². The van der Waals surface area contributed by atoms with Crippen LogP contribution in [-0.2, 0) is 0 Å². The summed E-state index contributed by atoms with van der Waals surface area (Å²) in [5.41, 5.74) is 2.78. The van der Waals surface area contributed by atoms with Gasteiger partial charge >= 0.3 is 0 Å². The fourth-order valence-electron chi connectivity index (χ4n) is 4.01. The van der Waals surface area contributed by atoms with Gasteiger partial charge < -0.3 is 14.6 Å². The molecule has 3 heterocycles. The average molecular weight is 378 g/mol. The van der Waals surface area contributed by atoms with E-state index in [0.717, 1.165) is 59.9 Å². The minimum atomic E-state index is -0.154. The van der Waals surface area contributed by atoms with Crippen LogP contribution in [0.15, 0.2) is 42.6 Å². The minimum absolute atomic E-state index is 0.154. The number of ketones is 1. The third-order valence-electron chi connectivity index (χ3n) is 5.66. The lowest BCUT2D eigenvalue weighted by atomic mass is 10.0. The number of carbonyl (C=O) groups excluding carboxylic acids is 1. The number of carbonyl (C=O) groups is 1. The Morgan fingerprint density at radius 2 is 1.93 bits per heavy atom. The maximum Gasteiger partial charge on any atom is 0.182 e. The molecular weight excluding hydrogens is 352 g/mol. The van der Waals surface area contributed by atoms with Crippen LogP contribution < -0.4 is 9.64 Å². The minimum Gasteiger partial charge on any atom is -0.497 e. The number of hydrogen-bond donors (Lipinski definition) is 1. The van der Waals surface area contributed by atoms with Crippen LogP contribution in [-0.4, -0.2) is 60.0 Å². The summed E-state index contributed by atoms with van der Waals surface area (Å²) in [6.07, 6.45) is 1.77. The van der Waals surface area contributed by atoms with Crippen LogP contribution in [0.3, 0.4) is 0 Å². The molecule has 0 spiro atoms. The highest BCUT2D eigenvalue weighted by atomic mass is 16.5. The highest BCUT2D eigenvalue weighted by molar-refractivity contribution is 6.11. The van der Waals surface area contributed by atoms with Crippen LogP contribution in [0.1, 0.15) is 23.0 Å². The summed E-state index contributed by atoms with van der Waals surface area (Å²) in [6, 6.07) is 11.7. The first-order chi connectivity index (χ1) is 13.6. The number of nitrogens with zero attached hydrogens (tertiary/aromatic N) is 3. The molecule has 6 heteroatoms. The molecule has 0 amide bonds. The molecule has 2 aromatic heterocycles. The molecule has 1 aromatic carbocycles. The van der Waals surface area contributed by atoms with Gasteiger partial charge in [0.2, 0.25) is 0 Å². The van der Waals surface area contributed by atoms with E-state index >= 15 is 0 Å². The van der Waals surface area contributed by atoms with E-state index in [1.165, 1.54) is 0 Å². The Kier molecular flexibility index (Phi) is 5.05. The number of H-pyrrole nitrogens is 1. The maximum absolute atomic E-state index is 13.3. The molecule has 3 aromatic rings. The summed E-state index contributed by atoms with van der Waals surface area (Å²) in [7, 11) is 1.66. The number of benzene rings is 1. The smallest absolute Gasteiger partial charge is 0.182 e. The van der Waals surface area contributed by atoms with E-state index in [1.807, 2.05) is 50.2 Å². The monoisotopic (exact) mass is 378 g/mol. The van der Waals surface area contributed by atoms with Crippen molar-refractivity contribution in [3.8, 4) is 5.75 Å². The molecule has 1 aliphatic heterocycles. The second kappa shape index (κ2) is 7.64. The summed E-state index contributed by atoms with van der Waals surface area (Å²) in [5.74, 6) is 1.92. The molecule has 0 bridgehead atoms. The van der Waals surface area contributed by atoms with Gasteiger partial charge in [-0.05, 0) is 26.0 Å². The Balaban J connectivity index is 1.47. The molecule has 1 atom stereocenters. The second-order valence-electron chi connectivity index (χ2n) is 7.29. The van der Waals surface area contributed by atoms with Gasteiger partial charge in [-0.1, -0.05) is 18.2 Å². The molecule has 0 saturated carbocycles. The predicted molar refractivity (Wildman–Crippen MR) is 111 cm³/mol. The Labute approximate surface area is 165 Å². The van der Waals surface area contributed by atoms with Crippen molar-refractivity contribution in [3.63, 3.8) is 0 Å². The molecule has 1 aliphatic rings. The standard InChI is InChI=1S/C22H26N4O2/c1-15-21(18-6-4-5-7-19(18)24-15)22(27)16(2)25-10-12-26(13-11-25)20-14-17(28-3)8-9-23-20/h4-9,14,16,24H,10-13H2,1-3H3. The van der Waals surface area contributed by atoms with E-state index in [1.54, 1.807) is 13.3 Å². The number of aromatic nitrogens is 2. The lowest BCUT2D eigenvalue weighted by Gasteiger charge is -2.38. The highest BCUT2D eigenvalue weighted by Crippen LogP contribution is 2.25. The van der Waals surface area contributed by atoms with Gasteiger partial charge in [-0.15, -0.1) is 0 Å². The largest absolute Gasteiger partial charge is 0.497 e. The molecular formula is C22H26N4O2. The second-order valence-corrected chi connectivity index (χ2v) is 7.29. The summed E-state index contributed by atoms with van der Waals surface area (Å²) >= 11 is 0. The number of nitrogens with one attached hydrogen (secondary N) is 1. The molecule has 28 heavy (non-hydrogen) atoms. The Morgan fingerprint density at radius 1 is 1.18 bits per heavy atom. The van der Waals surface area contributed by atoms with Gasteiger partial charge in [-0.2, -0.15) is 0 Å². The molecule has 1 saturated heterocycles. The normalized spacial score (nSPS) is 16.3. The highest BCUT2D eigenvalue weighted by Gasteiger charge is 2.29. The number of para-hydroxylation sites is 1. The predicted octanol–water partition coefficient (Wildman–Crippen LogP) is 3.27. The van der Waals surface area contributed by atoms with Gasteiger partial charge in [0, 0.05) is 60.6 Å². The number of anilines is 1. The van der Waals surface area contributed by atoms with Gasteiger partial charge in [0.05, 0.1) is 13.2 Å². The third-order valence-corrected chi connectivity index (χ3v) is 5.66. The molecule has 4 rings (SSSR count). The van der Waals surface area contributed by atoms with Crippen LogP contribution in [0.2, 0.25) is 0 Å². The van der Waals surface area contributed by atoms with Crippen molar-refractivity contribution in [1.29, 1.82) is 0 Å². The summed E-state index contributed by atoms with van der Waals surface area (Å²) in [5, 5.41) is 1.01. The van der Waals surface area contributed by atoms with Crippen molar-refractivity contribution in [2.75, 3.05) is 38.2 Å². The first-order valence-electron chi connectivity index (χ1n) is 9.69. The lowest BCUT2D eigenvalue weighted by Crippen LogP contribution is -2.52. The Hall–Kier alpha value is -2.86. The summed E-state index contributed by atoms with van der Waals surface area (Å²) in [6.45, 7) is 7.32. The fourth-order valence-corrected chi connectivity index (χ4v) is 4.01. The van der Waals surface area contributed by atoms with E-state index < -0.39 is 0 Å². The number of methoxy groups -OCH3 is 1. The van der Waals surface area contributed by atoms with Crippen LogP contribution >= 0.6 is 0 Å². The van der Waals surface area contributed by atoms with Crippen molar-refractivity contribution < 1.29 is 9.53 Å². The van der Waals surface area contributed by atoms with E-state index in [-0.39, 0.29) is 11.8 Å². The van der Waals surface area contributed by atoms with Crippen LogP contribution in [0.4, 0.5) is 5.82 Å². The number of pyridine rings is 1. The Bertz CT molecular complexity index is 989. The van der Waals surface area contributed by atoms with Crippen molar-refractivity contribution in [1.82, 2.24) is 14.9 Å². The van der Waals surface area contributed by atoms with Gasteiger partial charge in [0.1, 0.15) is 11.6 Å². The molecule has 1 N–H and O–H groups in total. The number of fused-ring (bicyclic) bond motifs is 1. The number of rotatable bonds is 5. The molecule has 1 unspecified atom stereocenters. The summed E-state index contributed by atoms with van der Waals surface area (Å²) < 4.78 is 5.30. The van der Waals surface area contributed by atoms with Gasteiger partial charge in [0.25, 0.3) is 0 Å². The molecule has 0 radical (unpaired) electrons. The molecule has 6 nitrogen and oxygen atoms in total. The van der Waals surface area contributed by atoms with E-state index in [4.69, 9.17) is 4.74 Å². The Morgan fingerprint density at radius 3 is 2.68 bits per heavy atom. The maximum atomic E-state index is 13.3. The quantitative estimate of drug-likeness (QED) is 0.691. The van der Waals surface area contributed by atoms with Crippen molar-refractivity contribution in [3.05, 3.63) is 53.9 Å². The van der Waals surface area contributed by atoms with Gasteiger partial charge in [-0.25, -0.2) is 4.98 Å². The number of aryl methyl sites for hydroxylation is 1. The first-order valence-corrected chi connectivity index (χ1v) is 9.69. The van der Waals surface area contributed by atoms with Crippen molar-refractivity contribution in [2.45, 2.75) is 19.9 Å². The number of aromatic amines is 1. The zero-order chi connectivity index (χ0) is 19.7. The molecule has 1 fully saturated rings. The average Bonchev–Trinajstić information content (AvgIpc) is 3.08. The summed E-state index contributed by atoms with van der Waals surface area (Å²) in [4.78, 5) is 25.6. The lowest BCUT2D eigenvalue weighted by molar-refractivity contribution is 0.0831. The van der Waals surface area contributed by atoms with Crippen LogP contribution in [0, 0.1) is 6.92 Å². The number of piperazine rings is 1. The molecule has 146 valence electrons. The van der Waals surface area contributed by atoms with E-state index in [0.29, 0.717) is 0 Å². The van der Waals surface area contributed by atoms with E-state index in [9.17, 15) is 4.79 Å². The number of hydrogen-bond acceptors (Lipinski definition) is 5. The van der Waals surface area contributed by atoms with Gasteiger partial charge in [-0.3, -0.25) is 9.69 Å². The fraction of sp³-hybridized carbons (Fsp3) is 0.364. The van der Waals surface area contributed by atoms with Crippen LogP contribution in [0.5, 0.6) is 5.75 Å². The number of Topliss-reactive ketones (excluding diaryl/α,β-unsaturated/α-hetero) is 1. The number of ether oxygens (including phenoxy) is 1. The first kappa shape index (κ1) is 18.5. The third kappa shape index (κ3) is 3.36. The SMILES string of the molecule is COc1ccnc(N2CCN(C(C)C(=O)c3c(C)[nH]c4ccccc34)CC2)c1. The zero-order valence-electron chi connectivity index (χ0n) is 16.6.